The lowest BCUT2D eigenvalue weighted by molar-refractivity contribution is -0.357. The molecule has 0 radical (unpaired) electrons. The van der Waals surface area contributed by atoms with Crippen LogP contribution in [0.25, 0.3) is 0 Å². The molecule has 0 amide bonds. The number of nitrogens with zero attached hydrogens (tertiary/aromatic N) is 1. The predicted octanol–water partition coefficient (Wildman–Crippen LogP) is -0.207. The first-order chi connectivity index (χ1) is 15.3. The van der Waals surface area contributed by atoms with Crippen molar-refractivity contribution in [1.29, 1.82) is 5.26 Å². The highest BCUT2D eigenvalue weighted by Gasteiger charge is 2.53. The Labute approximate surface area is 185 Å². The van der Waals surface area contributed by atoms with Crippen molar-refractivity contribution in [1.82, 2.24) is 0 Å². The van der Waals surface area contributed by atoms with Gasteiger partial charge in [-0.2, -0.15) is 5.26 Å². The van der Waals surface area contributed by atoms with Crippen LogP contribution in [0.3, 0.4) is 0 Å². The maximum absolute atomic E-state index is 11.0. The Balaban J connectivity index is 1.86. The molecular formula is C23H27NO8. The van der Waals surface area contributed by atoms with Gasteiger partial charge >= 0.3 is 0 Å². The molecule has 1 aliphatic rings. The number of rotatable bonds is 8. The highest BCUT2D eigenvalue weighted by molar-refractivity contribution is 5.45. The zero-order valence-electron chi connectivity index (χ0n) is 17.6. The summed E-state index contributed by atoms with van der Waals surface area (Å²) < 4.78 is 15.9. The van der Waals surface area contributed by atoms with Crippen LogP contribution in [0.1, 0.15) is 22.3 Å². The Kier molecular flexibility index (Phi) is 7.82. The first-order valence-electron chi connectivity index (χ1n) is 10.1. The SMILES string of the molecule is COCCOc1ccc(Cc2cc([C@@]3(O)O[C@H](CO)[C@@H](O)[C@H](O)[C@H]3O)ccc2C#N)cc1. The van der Waals surface area contributed by atoms with Gasteiger partial charge in [-0.15, -0.1) is 0 Å². The Morgan fingerprint density at radius 1 is 1.06 bits per heavy atom. The van der Waals surface area contributed by atoms with E-state index in [1.807, 2.05) is 12.1 Å². The highest BCUT2D eigenvalue weighted by Crippen LogP contribution is 2.37. The van der Waals surface area contributed by atoms with Crippen molar-refractivity contribution in [3.63, 3.8) is 0 Å². The van der Waals surface area contributed by atoms with Crippen molar-refractivity contribution in [3.05, 3.63) is 64.7 Å². The normalized spacial score (nSPS) is 27.7. The van der Waals surface area contributed by atoms with Crippen molar-refractivity contribution < 1.29 is 39.7 Å². The third-order valence-corrected chi connectivity index (χ3v) is 5.48. The van der Waals surface area contributed by atoms with Crippen LogP contribution in [0, 0.1) is 11.3 Å². The van der Waals surface area contributed by atoms with Crippen LogP contribution < -0.4 is 4.74 Å². The molecule has 1 heterocycles. The van der Waals surface area contributed by atoms with Crippen LogP contribution in [0.5, 0.6) is 5.75 Å². The van der Waals surface area contributed by atoms with Crippen molar-refractivity contribution in [2.75, 3.05) is 26.9 Å². The van der Waals surface area contributed by atoms with Crippen LogP contribution in [0.4, 0.5) is 0 Å². The van der Waals surface area contributed by atoms with Crippen molar-refractivity contribution in [2.45, 2.75) is 36.6 Å². The fourth-order valence-electron chi connectivity index (χ4n) is 3.63. The quantitative estimate of drug-likeness (QED) is 0.348. The number of benzene rings is 2. The van der Waals surface area contributed by atoms with Gasteiger partial charge in [0.2, 0.25) is 5.79 Å². The summed E-state index contributed by atoms with van der Waals surface area (Å²) in [6.07, 6.45) is -6.14. The summed E-state index contributed by atoms with van der Waals surface area (Å²) in [5.74, 6) is -1.70. The van der Waals surface area contributed by atoms with Crippen LogP contribution in [0.15, 0.2) is 42.5 Å². The van der Waals surface area contributed by atoms with E-state index in [9.17, 15) is 30.8 Å². The number of ether oxygens (including phenoxy) is 3. The molecule has 1 saturated heterocycles. The summed E-state index contributed by atoms with van der Waals surface area (Å²) in [5, 5.41) is 60.4. The Hall–Kier alpha value is -2.55. The molecule has 2 aromatic rings. The fraction of sp³-hybridized carbons (Fsp3) is 0.435. The van der Waals surface area contributed by atoms with Crippen molar-refractivity contribution in [3.8, 4) is 11.8 Å². The second-order valence-electron chi connectivity index (χ2n) is 7.61. The Morgan fingerprint density at radius 3 is 2.41 bits per heavy atom. The molecule has 1 fully saturated rings. The standard InChI is InChI=1S/C23H27NO8/c1-30-8-9-31-18-6-2-14(3-7-18)10-16-11-17(5-4-15(16)12-24)23(29)22(28)21(27)20(26)19(13-25)32-23/h2-7,11,19-22,25-29H,8-10,13H2,1H3/t19-,20-,21+,22-,23-/m1/s1. The molecule has 0 aromatic heterocycles. The summed E-state index contributed by atoms with van der Waals surface area (Å²) in [4.78, 5) is 0. The predicted molar refractivity (Wildman–Crippen MR) is 112 cm³/mol. The summed E-state index contributed by atoms with van der Waals surface area (Å²) in [6.45, 7) is 0.224. The van der Waals surface area contributed by atoms with E-state index >= 15 is 0 Å². The maximum atomic E-state index is 11.0. The average Bonchev–Trinajstić information content (AvgIpc) is 2.81. The van der Waals surface area contributed by atoms with E-state index in [1.165, 1.54) is 18.2 Å². The summed E-state index contributed by atoms with van der Waals surface area (Å²) in [5.41, 5.74) is 1.88. The van der Waals surface area contributed by atoms with E-state index in [-0.39, 0.29) is 5.56 Å². The second-order valence-corrected chi connectivity index (χ2v) is 7.61. The van der Waals surface area contributed by atoms with Crippen molar-refractivity contribution in [2.24, 2.45) is 0 Å². The minimum Gasteiger partial charge on any atom is -0.491 e. The molecule has 5 atom stereocenters. The second kappa shape index (κ2) is 10.4. The van der Waals surface area contributed by atoms with Gasteiger partial charge in [0.05, 0.1) is 24.8 Å². The smallest absolute Gasteiger partial charge is 0.222 e. The molecule has 172 valence electrons. The van der Waals surface area contributed by atoms with E-state index < -0.39 is 36.8 Å². The van der Waals surface area contributed by atoms with Crippen molar-refractivity contribution >= 4 is 0 Å². The molecule has 9 heteroatoms. The van der Waals surface area contributed by atoms with E-state index in [1.54, 1.807) is 19.2 Å². The molecule has 32 heavy (non-hydrogen) atoms. The summed E-state index contributed by atoms with van der Waals surface area (Å²) in [7, 11) is 1.59. The number of methoxy groups -OCH3 is 1. The molecule has 0 saturated carbocycles. The number of nitriles is 1. The van der Waals surface area contributed by atoms with Gasteiger partial charge in [-0.25, -0.2) is 0 Å². The third-order valence-electron chi connectivity index (χ3n) is 5.48. The Morgan fingerprint density at radius 2 is 1.78 bits per heavy atom. The monoisotopic (exact) mass is 445 g/mol. The first kappa shape index (κ1) is 24.1. The van der Waals surface area contributed by atoms with Gasteiger partial charge in [0, 0.05) is 12.7 Å². The number of aliphatic hydroxyl groups is 5. The average molecular weight is 445 g/mol. The number of hydrogen-bond donors (Lipinski definition) is 5. The molecule has 0 unspecified atom stereocenters. The first-order valence-corrected chi connectivity index (χ1v) is 10.1. The minimum absolute atomic E-state index is 0.0860. The van der Waals surface area contributed by atoms with E-state index in [4.69, 9.17) is 14.2 Å². The topological polar surface area (TPSA) is 153 Å². The van der Waals surface area contributed by atoms with Crippen LogP contribution in [-0.4, -0.2) is 76.9 Å². The Bertz CT molecular complexity index is 942. The zero-order valence-corrected chi connectivity index (χ0v) is 17.6. The maximum Gasteiger partial charge on any atom is 0.222 e. The van der Waals surface area contributed by atoms with E-state index in [2.05, 4.69) is 6.07 Å². The minimum atomic E-state index is -2.38. The highest BCUT2D eigenvalue weighted by atomic mass is 16.7. The molecular weight excluding hydrogens is 418 g/mol. The van der Waals surface area contributed by atoms with Gasteiger partial charge in [0.25, 0.3) is 0 Å². The summed E-state index contributed by atoms with van der Waals surface area (Å²) >= 11 is 0. The molecule has 1 aliphatic heterocycles. The molecule has 5 N–H and O–H groups in total. The largest absolute Gasteiger partial charge is 0.491 e. The molecule has 0 spiro atoms. The van der Waals surface area contributed by atoms with Gasteiger partial charge in [-0.1, -0.05) is 18.2 Å². The molecule has 0 aliphatic carbocycles. The zero-order chi connectivity index (χ0) is 23.3. The van der Waals surface area contributed by atoms with Gasteiger partial charge in [0.15, 0.2) is 0 Å². The van der Waals surface area contributed by atoms with Crippen LogP contribution >= 0.6 is 0 Å². The summed E-state index contributed by atoms with van der Waals surface area (Å²) in [6, 6.07) is 13.8. The van der Waals surface area contributed by atoms with E-state index in [0.717, 1.165) is 5.56 Å². The van der Waals surface area contributed by atoms with Gasteiger partial charge in [-0.05, 0) is 41.8 Å². The van der Waals surface area contributed by atoms with E-state index in [0.29, 0.717) is 36.5 Å². The van der Waals surface area contributed by atoms with Gasteiger partial charge in [0.1, 0.15) is 36.8 Å². The molecule has 9 nitrogen and oxygen atoms in total. The lowest BCUT2D eigenvalue weighted by Gasteiger charge is -2.45. The molecule has 2 aromatic carbocycles. The molecule has 0 bridgehead atoms. The van der Waals surface area contributed by atoms with Crippen LogP contribution in [0.2, 0.25) is 0 Å². The number of aliphatic hydroxyl groups excluding tert-OH is 4. The number of hydrogen-bond acceptors (Lipinski definition) is 9. The molecule has 3 rings (SSSR count). The fourth-order valence-corrected chi connectivity index (χ4v) is 3.63. The van der Waals surface area contributed by atoms with Gasteiger partial charge < -0.3 is 39.7 Å². The lowest BCUT2D eigenvalue weighted by atomic mass is 9.86. The third kappa shape index (κ3) is 4.92. The lowest BCUT2D eigenvalue weighted by Crippen LogP contribution is -2.63. The van der Waals surface area contributed by atoms with Crippen LogP contribution in [-0.2, 0) is 21.7 Å². The van der Waals surface area contributed by atoms with Gasteiger partial charge in [-0.3, -0.25) is 0 Å².